The van der Waals surface area contributed by atoms with Crippen LogP contribution in [0.3, 0.4) is 0 Å². The van der Waals surface area contributed by atoms with Gasteiger partial charge < -0.3 is 9.31 Å². The molecule has 1 saturated heterocycles. The van der Waals surface area contributed by atoms with E-state index < -0.39 is 0 Å². The average Bonchev–Trinajstić information content (AvgIpc) is 2.78. The van der Waals surface area contributed by atoms with Crippen LogP contribution in [0.5, 0.6) is 0 Å². The Kier molecular flexibility index (Phi) is 7.58. The van der Waals surface area contributed by atoms with E-state index in [1.165, 1.54) is 50.5 Å². The molecule has 0 aromatic heterocycles. The molecule has 0 N–H and O–H groups in total. The fourth-order valence-corrected chi connectivity index (χ4v) is 3.52. The van der Waals surface area contributed by atoms with E-state index in [0.29, 0.717) is 5.82 Å². The van der Waals surface area contributed by atoms with Crippen LogP contribution in [0.2, 0.25) is 5.82 Å². The van der Waals surface area contributed by atoms with E-state index in [2.05, 4.69) is 65.0 Å². The first-order valence-corrected chi connectivity index (χ1v) is 10.3. The molecule has 140 valence electrons. The summed E-state index contributed by atoms with van der Waals surface area (Å²) in [4.78, 5) is 0. The zero-order chi connectivity index (χ0) is 18.3. The molecule has 1 aliphatic heterocycles. The molecule has 2 rings (SSSR count). The van der Waals surface area contributed by atoms with Gasteiger partial charge in [-0.2, -0.15) is 0 Å². The summed E-state index contributed by atoms with van der Waals surface area (Å²) in [6.45, 7) is 10.9. The second-order valence-electron chi connectivity index (χ2n) is 8.63. The highest BCUT2D eigenvalue weighted by molar-refractivity contribution is 6.47. The van der Waals surface area contributed by atoms with Gasteiger partial charge in [0.25, 0.3) is 0 Å². The van der Waals surface area contributed by atoms with E-state index >= 15 is 0 Å². The quantitative estimate of drug-likeness (QED) is 0.359. The van der Waals surface area contributed by atoms with Gasteiger partial charge in [0.2, 0.25) is 0 Å². The molecule has 25 heavy (non-hydrogen) atoms. The summed E-state index contributed by atoms with van der Waals surface area (Å²) in [5, 5.41) is 0. The van der Waals surface area contributed by atoms with Crippen molar-refractivity contribution >= 4 is 7.12 Å². The van der Waals surface area contributed by atoms with Crippen molar-refractivity contribution in [3.05, 3.63) is 35.9 Å². The van der Waals surface area contributed by atoms with Gasteiger partial charge in [0.15, 0.2) is 0 Å². The number of benzene rings is 1. The van der Waals surface area contributed by atoms with Crippen LogP contribution in [0, 0.1) is 0 Å². The fourth-order valence-electron chi connectivity index (χ4n) is 3.52. The van der Waals surface area contributed by atoms with E-state index in [4.69, 9.17) is 9.31 Å². The van der Waals surface area contributed by atoms with Crippen LogP contribution >= 0.6 is 0 Å². The predicted octanol–water partition coefficient (Wildman–Crippen LogP) is 6.44. The van der Waals surface area contributed by atoms with Gasteiger partial charge >= 0.3 is 7.12 Å². The van der Waals surface area contributed by atoms with Gasteiger partial charge in [-0.05, 0) is 45.5 Å². The molecular formula is C22H37BO2. The molecule has 0 bridgehead atoms. The van der Waals surface area contributed by atoms with Gasteiger partial charge in [-0.1, -0.05) is 82.2 Å². The second-order valence-corrected chi connectivity index (χ2v) is 8.63. The topological polar surface area (TPSA) is 18.5 Å². The summed E-state index contributed by atoms with van der Waals surface area (Å²) in [6.07, 6.45) is 10.2. The van der Waals surface area contributed by atoms with Gasteiger partial charge in [-0.15, -0.1) is 0 Å². The Morgan fingerprint density at radius 1 is 0.840 bits per heavy atom. The lowest BCUT2D eigenvalue weighted by molar-refractivity contribution is 0.00578. The van der Waals surface area contributed by atoms with E-state index in [1.54, 1.807) is 0 Å². The molecule has 1 heterocycles. The molecule has 1 atom stereocenters. The molecule has 1 unspecified atom stereocenters. The van der Waals surface area contributed by atoms with Crippen LogP contribution in [-0.4, -0.2) is 18.3 Å². The van der Waals surface area contributed by atoms with E-state index in [1.807, 2.05) is 0 Å². The third kappa shape index (κ3) is 5.86. The van der Waals surface area contributed by atoms with Crippen molar-refractivity contribution in [1.82, 2.24) is 0 Å². The average molecular weight is 344 g/mol. The van der Waals surface area contributed by atoms with Gasteiger partial charge in [0.05, 0.1) is 11.2 Å². The highest BCUT2D eigenvalue weighted by atomic mass is 16.7. The second kappa shape index (κ2) is 9.23. The summed E-state index contributed by atoms with van der Waals surface area (Å²) in [5.74, 6) is 0.426. The van der Waals surface area contributed by atoms with E-state index in [9.17, 15) is 0 Å². The van der Waals surface area contributed by atoms with Crippen molar-refractivity contribution in [3.63, 3.8) is 0 Å². The third-order valence-electron chi connectivity index (χ3n) is 5.93. The monoisotopic (exact) mass is 344 g/mol. The van der Waals surface area contributed by atoms with Gasteiger partial charge in [-0.25, -0.2) is 0 Å². The molecule has 0 spiro atoms. The lowest BCUT2D eigenvalue weighted by atomic mass is 9.66. The summed E-state index contributed by atoms with van der Waals surface area (Å²) in [7, 11) is -0.0964. The summed E-state index contributed by atoms with van der Waals surface area (Å²) in [6, 6.07) is 10.8. The van der Waals surface area contributed by atoms with Crippen LogP contribution in [0.25, 0.3) is 0 Å². The molecule has 1 aromatic carbocycles. The van der Waals surface area contributed by atoms with E-state index in [-0.39, 0.29) is 18.3 Å². The Hall–Kier alpha value is -0.795. The number of hydrogen-bond acceptors (Lipinski definition) is 2. The molecule has 3 heteroatoms. The molecule has 2 nitrogen and oxygen atoms in total. The molecule has 0 aliphatic carbocycles. The largest absolute Gasteiger partial charge is 0.461 e. The third-order valence-corrected chi connectivity index (χ3v) is 5.93. The summed E-state index contributed by atoms with van der Waals surface area (Å²) < 4.78 is 12.7. The minimum Gasteiger partial charge on any atom is -0.403 e. The lowest BCUT2D eigenvalue weighted by Crippen LogP contribution is -2.41. The molecule has 1 aromatic rings. The Morgan fingerprint density at radius 2 is 1.40 bits per heavy atom. The van der Waals surface area contributed by atoms with Gasteiger partial charge in [0, 0.05) is 0 Å². The van der Waals surface area contributed by atoms with Crippen molar-refractivity contribution in [2.45, 2.75) is 103 Å². The highest BCUT2D eigenvalue weighted by Gasteiger charge is 2.53. The molecule has 0 amide bonds. The first kappa shape index (κ1) is 20.5. The first-order valence-electron chi connectivity index (χ1n) is 10.3. The SMILES string of the molecule is CCCCCCCCC(Cc1ccccc1)B1OC(C)(C)C(C)(C)O1. The number of unbranched alkanes of at least 4 members (excludes halogenated alkanes) is 5. The Balaban J connectivity index is 1.95. The van der Waals surface area contributed by atoms with Crippen molar-refractivity contribution in [2.24, 2.45) is 0 Å². The van der Waals surface area contributed by atoms with Crippen LogP contribution in [0.4, 0.5) is 0 Å². The molecular weight excluding hydrogens is 307 g/mol. The van der Waals surface area contributed by atoms with Crippen molar-refractivity contribution in [2.75, 3.05) is 0 Å². The Labute approximate surface area is 155 Å². The minimum absolute atomic E-state index is 0.0964. The molecule has 1 fully saturated rings. The fraction of sp³-hybridized carbons (Fsp3) is 0.727. The molecule has 0 radical (unpaired) electrons. The number of hydrogen-bond donors (Lipinski definition) is 0. The minimum atomic E-state index is -0.242. The van der Waals surface area contributed by atoms with Crippen LogP contribution in [-0.2, 0) is 15.7 Å². The maximum atomic E-state index is 6.37. The Bertz CT molecular complexity index is 482. The van der Waals surface area contributed by atoms with Gasteiger partial charge in [-0.3, -0.25) is 0 Å². The summed E-state index contributed by atoms with van der Waals surface area (Å²) in [5.41, 5.74) is 0.898. The maximum Gasteiger partial charge on any atom is 0.461 e. The van der Waals surface area contributed by atoms with Crippen LogP contribution in [0.1, 0.15) is 85.1 Å². The smallest absolute Gasteiger partial charge is 0.403 e. The zero-order valence-electron chi connectivity index (χ0n) is 17.0. The van der Waals surface area contributed by atoms with E-state index in [0.717, 1.165) is 6.42 Å². The van der Waals surface area contributed by atoms with Gasteiger partial charge in [0.1, 0.15) is 0 Å². The van der Waals surface area contributed by atoms with Crippen molar-refractivity contribution in [3.8, 4) is 0 Å². The molecule has 0 saturated carbocycles. The lowest BCUT2D eigenvalue weighted by Gasteiger charge is -2.32. The van der Waals surface area contributed by atoms with Crippen molar-refractivity contribution < 1.29 is 9.31 Å². The zero-order valence-corrected chi connectivity index (χ0v) is 17.0. The first-order chi connectivity index (χ1) is 11.9. The standard InChI is InChI=1S/C22H37BO2/c1-6-7-8-9-10-14-17-20(18-19-15-12-11-13-16-19)23-24-21(2,3)22(4,5)25-23/h11-13,15-16,20H,6-10,14,17-18H2,1-5H3. The maximum absolute atomic E-state index is 6.37. The van der Waals surface area contributed by atoms with Crippen LogP contribution < -0.4 is 0 Å². The molecule has 1 aliphatic rings. The highest BCUT2D eigenvalue weighted by Crippen LogP contribution is 2.42. The van der Waals surface area contributed by atoms with Crippen LogP contribution in [0.15, 0.2) is 30.3 Å². The summed E-state index contributed by atoms with van der Waals surface area (Å²) >= 11 is 0. The predicted molar refractivity (Wildman–Crippen MR) is 108 cm³/mol. The van der Waals surface area contributed by atoms with Crippen molar-refractivity contribution in [1.29, 1.82) is 0 Å². The number of rotatable bonds is 10. The normalized spacial score (nSPS) is 20.0. The Morgan fingerprint density at radius 3 is 2.00 bits per heavy atom.